The predicted molar refractivity (Wildman–Crippen MR) is 115 cm³/mol. The molecule has 1 aliphatic heterocycles. The van der Waals surface area contributed by atoms with Crippen molar-refractivity contribution in [2.45, 2.75) is 38.6 Å². The number of nitrogens with one attached hydrogen (secondary N) is 2. The van der Waals surface area contributed by atoms with E-state index in [1.807, 2.05) is 0 Å². The fraction of sp³-hybridized carbons (Fsp3) is 0.421. The average Bonchev–Trinajstić information content (AvgIpc) is 2.72. The second-order valence-electron chi connectivity index (χ2n) is 6.75. The van der Waals surface area contributed by atoms with Crippen LogP contribution in [0.15, 0.2) is 24.5 Å². The third-order valence-corrected chi connectivity index (χ3v) is 5.34. The average molecular weight is 439 g/mol. The number of aromatic nitrogens is 2. The lowest BCUT2D eigenvalue weighted by Crippen LogP contribution is -2.40. The van der Waals surface area contributed by atoms with Crippen molar-refractivity contribution in [3.05, 3.63) is 34.6 Å². The highest BCUT2D eigenvalue weighted by Crippen LogP contribution is 2.32. The molecular formula is C19H24Cl2N6O2. The lowest BCUT2D eigenvalue weighted by molar-refractivity contribution is -0.122. The third kappa shape index (κ3) is 5.33. The maximum Gasteiger partial charge on any atom is 0.276 e. The second kappa shape index (κ2) is 9.84. The summed E-state index contributed by atoms with van der Waals surface area (Å²) < 4.78 is 5.40. The first-order chi connectivity index (χ1) is 14.0. The standard InChI is InChI=1S/C19H24Cl2N6O2/c1-2-13-5-3-4-8-27(13)19-17(22)18(23-11-24-19)26-25-16(28)10-29-15-7-6-12(20)9-14(15)21/h6-7,9,11,13H,2-5,8,10,22H2,1H3,(H,25,28)(H,23,24,26). The van der Waals surface area contributed by atoms with Crippen molar-refractivity contribution in [3.63, 3.8) is 0 Å². The van der Waals surface area contributed by atoms with E-state index in [1.165, 1.54) is 12.7 Å². The molecule has 2 heterocycles. The number of piperidine rings is 1. The fourth-order valence-electron chi connectivity index (χ4n) is 3.32. The Labute approximate surface area is 179 Å². The van der Waals surface area contributed by atoms with Crippen LogP contribution in [0, 0.1) is 0 Å². The first-order valence-corrected chi connectivity index (χ1v) is 10.2. The smallest absolute Gasteiger partial charge is 0.276 e. The van der Waals surface area contributed by atoms with E-state index in [9.17, 15) is 4.79 Å². The molecule has 1 saturated heterocycles. The monoisotopic (exact) mass is 438 g/mol. The number of nitrogen functional groups attached to an aromatic ring is 1. The minimum absolute atomic E-state index is 0.240. The molecule has 156 valence electrons. The Balaban J connectivity index is 1.59. The van der Waals surface area contributed by atoms with Gasteiger partial charge in [-0.2, -0.15) is 0 Å². The second-order valence-corrected chi connectivity index (χ2v) is 7.59. The Kier molecular flexibility index (Phi) is 7.22. The van der Waals surface area contributed by atoms with Gasteiger partial charge < -0.3 is 15.4 Å². The number of hydrogen-bond acceptors (Lipinski definition) is 7. The van der Waals surface area contributed by atoms with Crippen LogP contribution < -0.4 is 26.2 Å². The van der Waals surface area contributed by atoms with Crippen molar-refractivity contribution in [1.29, 1.82) is 0 Å². The highest BCUT2D eigenvalue weighted by molar-refractivity contribution is 6.35. The zero-order chi connectivity index (χ0) is 20.8. The Morgan fingerprint density at radius 3 is 2.93 bits per heavy atom. The van der Waals surface area contributed by atoms with Gasteiger partial charge in [0, 0.05) is 17.6 Å². The van der Waals surface area contributed by atoms with Gasteiger partial charge in [0.1, 0.15) is 17.8 Å². The van der Waals surface area contributed by atoms with E-state index < -0.39 is 5.91 Å². The van der Waals surface area contributed by atoms with Gasteiger partial charge in [0.2, 0.25) is 0 Å². The van der Waals surface area contributed by atoms with Crippen LogP contribution in [0.3, 0.4) is 0 Å². The number of nitrogens with two attached hydrogens (primary N) is 1. The molecule has 1 aromatic heterocycles. The molecule has 1 fully saturated rings. The van der Waals surface area contributed by atoms with E-state index in [0.29, 0.717) is 39.2 Å². The maximum absolute atomic E-state index is 12.1. The number of hydrogen-bond donors (Lipinski definition) is 3. The number of nitrogens with zero attached hydrogens (tertiary/aromatic N) is 3. The van der Waals surface area contributed by atoms with Crippen molar-refractivity contribution in [2.75, 3.05) is 29.2 Å². The van der Waals surface area contributed by atoms with E-state index in [2.05, 4.69) is 32.6 Å². The van der Waals surface area contributed by atoms with Gasteiger partial charge in [-0.15, -0.1) is 0 Å². The summed E-state index contributed by atoms with van der Waals surface area (Å²) in [4.78, 5) is 22.8. The van der Waals surface area contributed by atoms with E-state index in [4.69, 9.17) is 33.7 Å². The molecule has 4 N–H and O–H groups in total. The number of halogens is 2. The molecule has 1 unspecified atom stereocenters. The van der Waals surface area contributed by atoms with Crippen LogP contribution in [0.25, 0.3) is 0 Å². The summed E-state index contributed by atoms with van der Waals surface area (Å²) in [6, 6.07) is 5.18. The summed E-state index contributed by atoms with van der Waals surface area (Å²) in [7, 11) is 0. The van der Waals surface area contributed by atoms with Crippen LogP contribution in [-0.2, 0) is 4.79 Å². The third-order valence-electron chi connectivity index (χ3n) is 4.81. The van der Waals surface area contributed by atoms with Crippen LogP contribution in [0.2, 0.25) is 10.0 Å². The fourth-order valence-corrected chi connectivity index (χ4v) is 3.78. The summed E-state index contributed by atoms with van der Waals surface area (Å²) in [6.45, 7) is 2.82. The molecule has 3 rings (SSSR count). The van der Waals surface area contributed by atoms with Crippen molar-refractivity contribution in [3.8, 4) is 5.75 Å². The number of carbonyl (C=O) groups excluding carboxylic acids is 1. The van der Waals surface area contributed by atoms with Crippen molar-refractivity contribution >= 4 is 46.4 Å². The predicted octanol–water partition coefficient (Wildman–Crippen LogP) is 3.66. The van der Waals surface area contributed by atoms with Crippen LogP contribution in [0.5, 0.6) is 5.75 Å². The van der Waals surface area contributed by atoms with E-state index in [-0.39, 0.29) is 6.61 Å². The van der Waals surface area contributed by atoms with Gasteiger partial charge in [0.05, 0.1) is 5.02 Å². The van der Waals surface area contributed by atoms with Gasteiger partial charge in [0.25, 0.3) is 5.91 Å². The van der Waals surface area contributed by atoms with E-state index in [0.717, 1.165) is 25.8 Å². The molecular weight excluding hydrogens is 415 g/mol. The molecule has 1 atom stereocenters. The largest absolute Gasteiger partial charge is 0.482 e. The van der Waals surface area contributed by atoms with Gasteiger partial charge in [-0.1, -0.05) is 30.1 Å². The molecule has 2 aromatic rings. The zero-order valence-electron chi connectivity index (χ0n) is 16.1. The molecule has 1 amide bonds. The number of ether oxygens (including phenoxy) is 1. The molecule has 29 heavy (non-hydrogen) atoms. The summed E-state index contributed by atoms with van der Waals surface area (Å²) in [5.41, 5.74) is 11.9. The normalized spacial score (nSPS) is 16.4. The van der Waals surface area contributed by atoms with Gasteiger partial charge in [-0.3, -0.25) is 15.6 Å². The molecule has 0 bridgehead atoms. The van der Waals surface area contributed by atoms with Gasteiger partial charge >= 0.3 is 0 Å². The van der Waals surface area contributed by atoms with Crippen LogP contribution in [0.1, 0.15) is 32.6 Å². The molecule has 0 spiro atoms. The Morgan fingerprint density at radius 1 is 1.34 bits per heavy atom. The Morgan fingerprint density at radius 2 is 2.17 bits per heavy atom. The number of carbonyl (C=O) groups is 1. The summed E-state index contributed by atoms with van der Waals surface area (Å²) in [5, 5.41) is 0.817. The van der Waals surface area contributed by atoms with Crippen LogP contribution >= 0.6 is 23.2 Å². The number of anilines is 3. The molecule has 0 radical (unpaired) electrons. The Bertz CT molecular complexity index is 867. The van der Waals surface area contributed by atoms with E-state index >= 15 is 0 Å². The number of amides is 1. The summed E-state index contributed by atoms with van der Waals surface area (Å²) in [6.07, 6.45) is 5.88. The minimum atomic E-state index is -0.417. The Hall–Kier alpha value is -2.45. The molecule has 1 aromatic carbocycles. The molecule has 0 saturated carbocycles. The highest BCUT2D eigenvalue weighted by Gasteiger charge is 2.25. The van der Waals surface area contributed by atoms with Crippen molar-refractivity contribution in [1.82, 2.24) is 15.4 Å². The van der Waals surface area contributed by atoms with Gasteiger partial charge in [-0.25, -0.2) is 9.97 Å². The van der Waals surface area contributed by atoms with Crippen LogP contribution in [0.4, 0.5) is 17.3 Å². The van der Waals surface area contributed by atoms with Gasteiger partial charge in [0.15, 0.2) is 18.2 Å². The topological polar surface area (TPSA) is 105 Å². The number of benzene rings is 1. The molecule has 0 aliphatic carbocycles. The van der Waals surface area contributed by atoms with Crippen LogP contribution in [-0.4, -0.2) is 35.1 Å². The van der Waals surface area contributed by atoms with Gasteiger partial charge in [-0.05, 0) is 43.9 Å². The summed E-state index contributed by atoms with van der Waals surface area (Å²) in [5.74, 6) is 0.978. The summed E-state index contributed by atoms with van der Waals surface area (Å²) >= 11 is 11.9. The first-order valence-electron chi connectivity index (χ1n) is 9.49. The van der Waals surface area contributed by atoms with E-state index in [1.54, 1.807) is 18.2 Å². The SMILES string of the molecule is CCC1CCCCN1c1ncnc(NNC(=O)COc2ccc(Cl)cc2Cl)c1N. The maximum atomic E-state index is 12.1. The molecule has 8 nitrogen and oxygen atoms in total. The first kappa shape index (κ1) is 21.3. The lowest BCUT2D eigenvalue weighted by Gasteiger charge is -2.36. The van der Waals surface area contributed by atoms with Crippen molar-refractivity contribution < 1.29 is 9.53 Å². The highest BCUT2D eigenvalue weighted by atomic mass is 35.5. The zero-order valence-corrected chi connectivity index (χ0v) is 17.6. The number of rotatable bonds is 7. The number of hydrazine groups is 1. The molecule has 1 aliphatic rings. The lowest BCUT2D eigenvalue weighted by atomic mass is 10.00. The molecule has 10 heteroatoms. The quantitative estimate of drug-likeness (QED) is 0.566. The van der Waals surface area contributed by atoms with Crippen molar-refractivity contribution in [2.24, 2.45) is 0 Å². The minimum Gasteiger partial charge on any atom is -0.482 e.